The Labute approximate surface area is 108 Å². The van der Waals surface area contributed by atoms with Crippen LogP contribution in [0.2, 0.25) is 0 Å². The normalized spacial score (nSPS) is 12.3. The Kier molecular flexibility index (Phi) is 6.39. The third-order valence-corrected chi connectivity index (χ3v) is 2.87. The quantitative estimate of drug-likeness (QED) is 0.660. The lowest BCUT2D eigenvalue weighted by Crippen LogP contribution is -2.36. The SMILES string of the molecule is CCCCC(NCc1cccc(CO)c1)C(=O)O. The maximum atomic E-state index is 11.0. The van der Waals surface area contributed by atoms with Crippen LogP contribution >= 0.6 is 0 Å². The molecule has 0 aliphatic heterocycles. The standard InChI is InChI=1S/C14H21NO3/c1-2-3-7-13(14(17)18)15-9-11-5-4-6-12(8-11)10-16/h4-6,8,13,15-16H,2-3,7,9-10H2,1H3,(H,17,18). The van der Waals surface area contributed by atoms with Crippen LogP contribution in [0.3, 0.4) is 0 Å². The maximum absolute atomic E-state index is 11.0. The molecule has 1 unspecified atom stereocenters. The number of hydrogen-bond acceptors (Lipinski definition) is 3. The number of unbranched alkanes of at least 4 members (excludes halogenated alkanes) is 1. The zero-order valence-electron chi connectivity index (χ0n) is 10.7. The summed E-state index contributed by atoms with van der Waals surface area (Å²) in [6, 6.07) is 7.01. The van der Waals surface area contributed by atoms with E-state index in [1.54, 1.807) is 0 Å². The van der Waals surface area contributed by atoms with Crippen LogP contribution in [-0.4, -0.2) is 22.2 Å². The molecule has 3 N–H and O–H groups in total. The minimum atomic E-state index is -0.804. The molecule has 0 amide bonds. The predicted octanol–water partition coefficient (Wildman–Crippen LogP) is 1.91. The summed E-state index contributed by atoms with van der Waals surface area (Å²) in [5.74, 6) is -0.804. The summed E-state index contributed by atoms with van der Waals surface area (Å²) >= 11 is 0. The van der Waals surface area contributed by atoms with Crippen LogP contribution in [0, 0.1) is 0 Å². The molecule has 1 aromatic carbocycles. The number of nitrogens with one attached hydrogen (secondary N) is 1. The van der Waals surface area contributed by atoms with E-state index in [1.807, 2.05) is 31.2 Å². The van der Waals surface area contributed by atoms with Crippen molar-refractivity contribution in [1.29, 1.82) is 0 Å². The second kappa shape index (κ2) is 7.84. The molecule has 1 atom stereocenters. The minimum Gasteiger partial charge on any atom is -0.480 e. The predicted molar refractivity (Wildman–Crippen MR) is 70.2 cm³/mol. The van der Waals surface area contributed by atoms with Gasteiger partial charge in [-0.3, -0.25) is 4.79 Å². The molecule has 0 saturated carbocycles. The van der Waals surface area contributed by atoms with Crippen LogP contribution in [0.4, 0.5) is 0 Å². The molecule has 4 heteroatoms. The van der Waals surface area contributed by atoms with E-state index >= 15 is 0 Å². The van der Waals surface area contributed by atoms with Crippen LogP contribution in [0.25, 0.3) is 0 Å². The van der Waals surface area contributed by atoms with Crippen molar-refractivity contribution in [3.8, 4) is 0 Å². The highest BCUT2D eigenvalue weighted by Gasteiger charge is 2.15. The lowest BCUT2D eigenvalue weighted by atomic mass is 10.1. The van der Waals surface area contributed by atoms with Gasteiger partial charge in [0.2, 0.25) is 0 Å². The fraction of sp³-hybridized carbons (Fsp3) is 0.500. The molecule has 0 heterocycles. The smallest absolute Gasteiger partial charge is 0.320 e. The molecule has 1 aromatic rings. The Morgan fingerprint density at radius 2 is 2.11 bits per heavy atom. The van der Waals surface area contributed by atoms with Crippen molar-refractivity contribution < 1.29 is 15.0 Å². The van der Waals surface area contributed by atoms with Gasteiger partial charge >= 0.3 is 5.97 Å². The summed E-state index contributed by atoms with van der Waals surface area (Å²) in [4.78, 5) is 11.0. The maximum Gasteiger partial charge on any atom is 0.320 e. The number of aliphatic carboxylic acids is 1. The molecule has 0 fully saturated rings. The van der Waals surface area contributed by atoms with E-state index < -0.39 is 12.0 Å². The second-order valence-electron chi connectivity index (χ2n) is 4.39. The molecule has 0 spiro atoms. The Morgan fingerprint density at radius 1 is 1.39 bits per heavy atom. The molecule has 0 aliphatic rings. The van der Waals surface area contributed by atoms with Crippen molar-refractivity contribution in [1.82, 2.24) is 5.32 Å². The van der Waals surface area contributed by atoms with Gasteiger partial charge in [0.15, 0.2) is 0 Å². The first kappa shape index (κ1) is 14.7. The van der Waals surface area contributed by atoms with Gasteiger partial charge in [-0.05, 0) is 17.5 Å². The van der Waals surface area contributed by atoms with Gasteiger partial charge in [0, 0.05) is 6.54 Å². The number of aliphatic hydroxyl groups excluding tert-OH is 1. The fourth-order valence-corrected chi connectivity index (χ4v) is 1.80. The molecule has 100 valence electrons. The summed E-state index contributed by atoms with van der Waals surface area (Å²) in [7, 11) is 0. The molecular formula is C14H21NO3. The molecule has 4 nitrogen and oxygen atoms in total. The van der Waals surface area contributed by atoms with E-state index in [2.05, 4.69) is 5.32 Å². The Balaban J connectivity index is 2.52. The topological polar surface area (TPSA) is 69.6 Å². The van der Waals surface area contributed by atoms with Gasteiger partial charge in [-0.25, -0.2) is 0 Å². The van der Waals surface area contributed by atoms with E-state index in [0.29, 0.717) is 13.0 Å². The van der Waals surface area contributed by atoms with Gasteiger partial charge in [-0.1, -0.05) is 44.0 Å². The van der Waals surface area contributed by atoms with Crippen molar-refractivity contribution in [2.24, 2.45) is 0 Å². The number of carbonyl (C=O) groups is 1. The van der Waals surface area contributed by atoms with E-state index in [-0.39, 0.29) is 6.61 Å². The molecule has 1 rings (SSSR count). The highest BCUT2D eigenvalue weighted by molar-refractivity contribution is 5.73. The van der Waals surface area contributed by atoms with Crippen LogP contribution in [0.1, 0.15) is 37.3 Å². The third kappa shape index (κ3) is 4.85. The number of hydrogen-bond donors (Lipinski definition) is 3. The Hall–Kier alpha value is -1.39. The van der Waals surface area contributed by atoms with E-state index in [9.17, 15) is 4.79 Å². The lowest BCUT2D eigenvalue weighted by Gasteiger charge is -2.14. The second-order valence-corrected chi connectivity index (χ2v) is 4.39. The lowest BCUT2D eigenvalue weighted by molar-refractivity contribution is -0.139. The molecule has 0 bridgehead atoms. The number of carboxylic acids is 1. The number of aliphatic hydroxyl groups is 1. The molecule has 0 saturated heterocycles. The van der Waals surface area contributed by atoms with E-state index in [4.69, 9.17) is 10.2 Å². The molecule has 0 aliphatic carbocycles. The molecule has 0 radical (unpaired) electrons. The van der Waals surface area contributed by atoms with Crippen LogP contribution in [0.5, 0.6) is 0 Å². The highest BCUT2D eigenvalue weighted by atomic mass is 16.4. The summed E-state index contributed by atoms with van der Waals surface area (Å²) < 4.78 is 0. The van der Waals surface area contributed by atoms with Crippen molar-refractivity contribution >= 4 is 5.97 Å². The minimum absolute atomic E-state index is 0.00599. The largest absolute Gasteiger partial charge is 0.480 e. The fourth-order valence-electron chi connectivity index (χ4n) is 1.80. The summed E-state index contributed by atoms with van der Waals surface area (Å²) in [6.45, 7) is 2.56. The average Bonchev–Trinajstić information content (AvgIpc) is 2.38. The first-order valence-electron chi connectivity index (χ1n) is 6.32. The van der Waals surface area contributed by atoms with Crippen molar-refractivity contribution in [3.05, 3.63) is 35.4 Å². The van der Waals surface area contributed by atoms with Gasteiger partial charge in [-0.2, -0.15) is 0 Å². The first-order chi connectivity index (χ1) is 8.67. The summed E-state index contributed by atoms with van der Waals surface area (Å²) in [6.07, 6.45) is 2.54. The van der Waals surface area contributed by atoms with Crippen LogP contribution in [0.15, 0.2) is 24.3 Å². The average molecular weight is 251 g/mol. The van der Waals surface area contributed by atoms with Gasteiger partial charge in [0.05, 0.1) is 6.61 Å². The summed E-state index contributed by atoms with van der Waals surface area (Å²) in [5.41, 5.74) is 1.83. The van der Waals surface area contributed by atoms with Gasteiger partial charge in [0.25, 0.3) is 0 Å². The number of benzene rings is 1. The first-order valence-corrected chi connectivity index (χ1v) is 6.32. The monoisotopic (exact) mass is 251 g/mol. The number of carboxylic acid groups (broad SMARTS) is 1. The van der Waals surface area contributed by atoms with E-state index in [1.165, 1.54) is 0 Å². The van der Waals surface area contributed by atoms with E-state index in [0.717, 1.165) is 24.0 Å². The van der Waals surface area contributed by atoms with Crippen LogP contribution in [-0.2, 0) is 17.9 Å². The van der Waals surface area contributed by atoms with Gasteiger partial charge in [-0.15, -0.1) is 0 Å². The Bertz CT molecular complexity index is 379. The molecule has 0 aromatic heterocycles. The van der Waals surface area contributed by atoms with Crippen LogP contribution < -0.4 is 5.32 Å². The van der Waals surface area contributed by atoms with Gasteiger partial charge in [0.1, 0.15) is 6.04 Å². The molecule has 18 heavy (non-hydrogen) atoms. The van der Waals surface area contributed by atoms with Crippen molar-refractivity contribution in [3.63, 3.8) is 0 Å². The highest BCUT2D eigenvalue weighted by Crippen LogP contribution is 2.07. The zero-order chi connectivity index (χ0) is 13.4. The number of rotatable bonds is 8. The van der Waals surface area contributed by atoms with Crippen molar-refractivity contribution in [2.75, 3.05) is 0 Å². The van der Waals surface area contributed by atoms with Gasteiger partial charge < -0.3 is 15.5 Å². The third-order valence-electron chi connectivity index (χ3n) is 2.87. The Morgan fingerprint density at radius 3 is 2.72 bits per heavy atom. The summed E-state index contributed by atoms with van der Waals surface area (Å²) in [5, 5.41) is 21.1. The molecular weight excluding hydrogens is 230 g/mol. The van der Waals surface area contributed by atoms with Crippen molar-refractivity contribution in [2.45, 2.75) is 45.4 Å². The zero-order valence-corrected chi connectivity index (χ0v) is 10.7.